The minimum absolute atomic E-state index is 0.259. The van der Waals surface area contributed by atoms with Crippen LogP contribution in [0.4, 0.5) is 11.4 Å². The first-order chi connectivity index (χ1) is 19.3. The van der Waals surface area contributed by atoms with Crippen LogP contribution in [0.15, 0.2) is 55.1 Å². The molecule has 248 valence electrons. The molecule has 6 heteroatoms. The van der Waals surface area contributed by atoms with Gasteiger partial charge in [-0.25, -0.2) is 0 Å². The highest BCUT2D eigenvalue weighted by atomic mass is 28.4. The highest BCUT2D eigenvalue weighted by Gasteiger charge is 2.53. The molecule has 44 heavy (non-hydrogen) atoms. The SMILES string of the molecule is C=C(c1ccc(N([Si](C)(C)C(C)(C)C)[Si](C)(C)C(C)(C)C)cc1)c1ccc(N([Si](C)(C)C(C)(C)C)[Si](C)(C)C(C)(C)C)cc1. The predicted octanol–water partition coefficient (Wildman–Crippen LogP) is 13.4. The van der Waals surface area contributed by atoms with Crippen molar-refractivity contribution in [3.63, 3.8) is 0 Å². The summed E-state index contributed by atoms with van der Waals surface area (Å²) in [7, 11) is -7.32. The van der Waals surface area contributed by atoms with Crippen molar-refractivity contribution in [2.45, 2.75) is 156 Å². The van der Waals surface area contributed by atoms with Crippen molar-refractivity contribution >= 4 is 49.9 Å². The van der Waals surface area contributed by atoms with Crippen LogP contribution in [-0.4, -0.2) is 32.9 Å². The summed E-state index contributed by atoms with van der Waals surface area (Å²) in [5.41, 5.74) is 6.28. The van der Waals surface area contributed by atoms with Gasteiger partial charge in [-0.2, -0.15) is 0 Å². The lowest BCUT2D eigenvalue weighted by Crippen LogP contribution is -2.69. The molecule has 0 heterocycles. The third-order valence-electron chi connectivity index (χ3n) is 12.5. The second-order valence-corrected chi connectivity index (χ2v) is 40.6. The van der Waals surface area contributed by atoms with Crippen LogP contribution in [0.25, 0.3) is 5.57 Å². The number of nitrogens with zero attached hydrogens (tertiary/aromatic N) is 2. The van der Waals surface area contributed by atoms with Crippen LogP contribution in [0.3, 0.4) is 0 Å². The van der Waals surface area contributed by atoms with E-state index in [2.05, 4.69) is 199 Å². The Kier molecular flexibility index (Phi) is 10.6. The summed E-state index contributed by atoms with van der Waals surface area (Å²) in [5.74, 6) is 0. The fourth-order valence-electron chi connectivity index (χ4n) is 5.82. The lowest BCUT2D eigenvalue weighted by atomic mass is 9.99. The Hall–Kier alpha value is -1.35. The summed E-state index contributed by atoms with van der Waals surface area (Å²) in [6.45, 7) is 54.4. The van der Waals surface area contributed by atoms with Crippen molar-refractivity contribution in [3.05, 3.63) is 66.2 Å². The molecule has 0 fully saturated rings. The summed E-state index contributed by atoms with van der Waals surface area (Å²) in [6.07, 6.45) is 0. The van der Waals surface area contributed by atoms with E-state index < -0.39 is 32.9 Å². The zero-order valence-corrected chi connectivity index (χ0v) is 36.7. The zero-order chi connectivity index (χ0) is 34.7. The summed E-state index contributed by atoms with van der Waals surface area (Å²) in [5, 5.41) is 1.04. The molecule has 2 aromatic rings. The summed E-state index contributed by atoms with van der Waals surface area (Å²) < 4.78 is 5.88. The fraction of sp³-hybridized carbons (Fsp3) is 0.632. The molecule has 0 aliphatic heterocycles. The van der Waals surface area contributed by atoms with Gasteiger partial charge in [0, 0.05) is 11.4 Å². The van der Waals surface area contributed by atoms with E-state index >= 15 is 0 Å². The van der Waals surface area contributed by atoms with E-state index in [1.54, 1.807) is 0 Å². The topological polar surface area (TPSA) is 6.48 Å². The third-order valence-corrected chi connectivity index (χ3v) is 39.4. The van der Waals surface area contributed by atoms with Crippen molar-refractivity contribution in [3.8, 4) is 0 Å². The maximum atomic E-state index is 4.60. The Balaban J connectivity index is 2.57. The van der Waals surface area contributed by atoms with Gasteiger partial charge in [0.2, 0.25) is 0 Å². The molecule has 0 N–H and O–H groups in total. The van der Waals surface area contributed by atoms with Gasteiger partial charge in [0.05, 0.1) is 0 Å². The molecule has 0 unspecified atom stereocenters. The van der Waals surface area contributed by atoms with Crippen molar-refractivity contribution in [2.24, 2.45) is 0 Å². The van der Waals surface area contributed by atoms with E-state index in [9.17, 15) is 0 Å². The molecular weight excluding hydrogens is 597 g/mol. The molecule has 2 nitrogen and oxygen atoms in total. The van der Waals surface area contributed by atoms with Crippen LogP contribution in [0.5, 0.6) is 0 Å². The van der Waals surface area contributed by atoms with Crippen molar-refractivity contribution in [1.82, 2.24) is 0 Å². The molecule has 0 saturated heterocycles. The molecule has 2 aromatic carbocycles. The van der Waals surface area contributed by atoms with E-state index in [0.29, 0.717) is 0 Å². The monoisotopic (exact) mass is 666 g/mol. The lowest BCUT2D eigenvalue weighted by Gasteiger charge is -2.58. The number of hydrogen-bond donors (Lipinski definition) is 0. The van der Waals surface area contributed by atoms with E-state index in [0.717, 1.165) is 5.57 Å². The molecule has 0 amide bonds. The van der Waals surface area contributed by atoms with Gasteiger partial charge in [0.1, 0.15) is 32.9 Å². The fourth-order valence-corrected chi connectivity index (χ4v) is 26.9. The van der Waals surface area contributed by atoms with Crippen LogP contribution >= 0.6 is 0 Å². The quantitative estimate of drug-likeness (QED) is 0.259. The minimum Gasteiger partial charge on any atom is -0.424 e. The van der Waals surface area contributed by atoms with Crippen LogP contribution in [0.1, 0.15) is 94.2 Å². The Labute approximate surface area is 279 Å². The molecule has 0 aliphatic rings. The standard InChI is InChI=1S/C38H70N2Si4/c1-30(31-22-26-33(27-23-31)39(41(14,15)35(2,3)4)42(16,17)36(5,6)7)32-24-28-34(29-25-32)40(43(18,19)37(8,9)10)44(20,21)38(11,12)13/h22-29H,1H2,2-21H3. The first kappa shape index (κ1) is 38.8. The van der Waals surface area contributed by atoms with Gasteiger partial charge in [0.15, 0.2) is 0 Å². The van der Waals surface area contributed by atoms with E-state index in [1.165, 1.54) is 22.5 Å². The van der Waals surface area contributed by atoms with Gasteiger partial charge in [-0.1, -0.05) is 166 Å². The van der Waals surface area contributed by atoms with Gasteiger partial charge in [-0.05, 0) is 61.1 Å². The predicted molar refractivity (Wildman–Crippen MR) is 215 cm³/mol. The molecule has 0 saturated carbocycles. The average molecular weight is 667 g/mol. The van der Waals surface area contributed by atoms with Crippen LogP contribution in [-0.2, 0) is 0 Å². The Bertz CT molecular complexity index is 1140. The van der Waals surface area contributed by atoms with E-state index in [1.807, 2.05) is 0 Å². The number of anilines is 2. The molecule has 0 atom stereocenters. The minimum atomic E-state index is -1.83. The number of benzene rings is 2. The summed E-state index contributed by atoms with van der Waals surface area (Å²) in [6, 6.07) is 18.8. The molecular formula is C38H70N2Si4. The van der Waals surface area contributed by atoms with Gasteiger partial charge in [-0.3, -0.25) is 0 Å². The Morgan fingerprint density at radius 3 is 0.750 bits per heavy atom. The molecule has 0 radical (unpaired) electrons. The normalized spacial score (nSPS) is 14.5. The highest BCUT2D eigenvalue weighted by molar-refractivity contribution is 7.03. The summed E-state index contributed by atoms with van der Waals surface area (Å²) in [4.78, 5) is 0. The van der Waals surface area contributed by atoms with Crippen LogP contribution < -0.4 is 8.46 Å². The van der Waals surface area contributed by atoms with Crippen LogP contribution in [0.2, 0.25) is 72.5 Å². The third kappa shape index (κ3) is 7.13. The Morgan fingerprint density at radius 2 is 0.591 bits per heavy atom. The van der Waals surface area contributed by atoms with Crippen molar-refractivity contribution in [2.75, 3.05) is 8.46 Å². The maximum absolute atomic E-state index is 4.60. The summed E-state index contributed by atoms with van der Waals surface area (Å²) >= 11 is 0. The second-order valence-electron chi connectivity index (χ2n) is 19.5. The van der Waals surface area contributed by atoms with Gasteiger partial charge >= 0.3 is 0 Å². The number of hydrogen-bond acceptors (Lipinski definition) is 2. The first-order valence-electron chi connectivity index (χ1n) is 16.8. The van der Waals surface area contributed by atoms with Gasteiger partial charge in [-0.15, -0.1) is 0 Å². The van der Waals surface area contributed by atoms with E-state index in [4.69, 9.17) is 0 Å². The zero-order valence-electron chi connectivity index (χ0n) is 32.7. The van der Waals surface area contributed by atoms with Gasteiger partial charge in [0.25, 0.3) is 0 Å². The van der Waals surface area contributed by atoms with Crippen molar-refractivity contribution in [1.29, 1.82) is 0 Å². The average Bonchev–Trinajstić information content (AvgIpc) is 2.81. The van der Waals surface area contributed by atoms with Crippen molar-refractivity contribution < 1.29 is 0 Å². The lowest BCUT2D eigenvalue weighted by molar-refractivity contribution is 0.695. The number of rotatable bonds is 8. The van der Waals surface area contributed by atoms with Crippen LogP contribution in [0, 0.1) is 0 Å². The smallest absolute Gasteiger partial charge is 0.147 e. The van der Waals surface area contributed by atoms with E-state index in [-0.39, 0.29) is 20.2 Å². The molecule has 0 aliphatic carbocycles. The Morgan fingerprint density at radius 1 is 0.409 bits per heavy atom. The molecule has 2 rings (SSSR count). The second kappa shape index (κ2) is 12.0. The first-order valence-corrected chi connectivity index (χ1v) is 28.6. The molecule has 0 bridgehead atoms. The molecule has 0 spiro atoms. The van der Waals surface area contributed by atoms with Gasteiger partial charge < -0.3 is 8.46 Å². The highest BCUT2D eigenvalue weighted by Crippen LogP contribution is 2.50. The maximum Gasteiger partial charge on any atom is 0.147 e. The molecule has 0 aromatic heterocycles. The largest absolute Gasteiger partial charge is 0.424 e.